The molecule has 0 amide bonds. The SMILES string of the molecule is CC.CC.CC.CCN1CC(S(C)(=O)=O)C1.CCN1CCC(F)(F)C1. The van der Waals surface area contributed by atoms with Crippen molar-refractivity contribution >= 4 is 9.84 Å². The Balaban J connectivity index is -0.000000299. The zero-order valence-corrected chi connectivity index (χ0v) is 18.7. The Morgan fingerprint density at radius 2 is 1.32 bits per heavy atom. The second-order valence-corrected chi connectivity index (χ2v) is 7.60. The maximum Gasteiger partial charge on any atom is 0.261 e. The first-order valence-corrected chi connectivity index (χ1v) is 11.6. The summed E-state index contributed by atoms with van der Waals surface area (Å²) in [6.45, 7) is 19.6. The summed E-state index contributed by atoms with van der Waals surface area (Å²) in [5.41, 5.74) is 0. The van der Waals surface area contributed by atoms with E-state index in [9.17, 15) is 17.2 Å². The summed E-state index contributed by atoms with van der Waals surface area (Å²) in [5, 5.41) is -0.0903. The second-order valence-electron chi connectivity index (χ2n) is 5.28. The summed E-state index contributed by atoms with van der Waals surface area (Å²) in [6, 6.07) is 0. The molecule has 4 nitrogen and oxygen atoms in total. The first-order valence-electron chi connectivity index (χ1n) is 9.69. The molecule has 2 aliphatic heterocycles. The van der Waals surface area contributed by atoms with Crippen molar-refractivity contribution in [2.24, 2.45) is 0 Å². The van der Waals surface area contributed by atoms with Crippen molar-refractivity contribution < 1.29 is 17.2 Å². The largest absolute Gasteiger partial charge is 0.301 e. The van der Waals surface area contributed by atoms with Crippen molar-refractivity contribution in [1.29, 1.82) is 0 Å². The van der Waals surface area contributed by atoms with E-state index in [2.05, 4.69) is 4.90 Å². The average molecular weight is 389 g/mol. The third kappa shape index (κ3) is 13.6. The molecule has 2 heterocycles. The summed E-state index contributed by atoms with van der Waals surface area (Å²) in [6.07, 6.45) is 1.35. The number of nitrogens with zero attached hydrogens (tertiary/aromatic N) is 2. The molecule has 0 saturated carbocycles. The molecule has 2 saturated heterocycles. The highest BCUT2D eigenvalue weighted by Crippen LogP contribution is 2.25. The molecule has 0 spiro atoms. The van der Waals surface area contributed by atoms with Gasteiger partial charge in [-0.2, -0.15) is 0 Å². The van der Waals surface area contributed by atoms with Crippen molar-refractivity contribution in [2.75, 3.05) is 45.5 Å². The highest BCUT2D eigenvalue weighted by molar-refractivity contribution is 7.91. The quantitative estimate of drug-likeness (QED) is 0.728. The molecule has 0 aliphatic carbocycles. The van der Waals surface area contributed by atoms with E-state index in [1.54, 1.807) is 4.90 Å². The third-order valence-corrected chi connectivity index (χ3v) is 5.18. The summed E-state index contributed by atoms with van der Waals surface area (Å²) >= 11 is 0. The van der Waals surface area contributed by atoms with Gasteiger partial charge >= 0.3 is 0 Å². The predicted molar refractivity (Wildman–Crippen MR) is 106 cm³/mol. The highest BCUT2D eigenvalue weighted by Gasteiger charge is 2.37. The average Bonchev–Trinajstić information content (AvgIpc) is 2.91. The van der Waals surface area contributed by atoms with Crippen molar-refractivity contribution in [3.8, 4) is 0 Å². The van der Waals surface area contributed by atoms with Crippen LogP contribution in [0.4, 0.5) is 8.78 Å². The minimum absolute atomic E-state index is 0.0382. The minimum atomic E-state index is -2.75. The molecule has 0 unspecified atom stereocenters. The van der Waals surface area contributed by atoms with Gasteiger partial charge in [-0.15, -0.1) is 0 Å². The zero-order chi connectivity index (χ0) is 20.7. The van der Waals surface area contributed by atoms with Gasteiger partial charge in [0.25, 0.3) is 5.92 Å². The van der Waals surface area contributed by atoms with E-state index in [1.807, 2.05) is 55.4 Å². The molecule has 25 heavy (non-hydrogen) atoms. The maximum absolute atomic E-state index is 12.3. The zero-order valence-electron chi connectivity index (χ0n) is 17.9. The van der Waals surface area contributed by atoms with Crippen LogP contribution in [-0.2, 0) is 9.84 Å². The molecule has 2 fully saturated rings. The standard InChI is InChI=1S/C6H11F2N.C6H13NO2S.3C2H6/c1-2-9-4-3-6(7,8)5-9;1-3-7-4-6(5-7)10(2,8)9;3*1-2/h2-5H2,1H3;6H,3-5H2,1-2H3;3*1-2H3. The molecular formula is C18H42F2N2O2S. The van der Waals surface area contributed by atoms with Gasteiger partial charge in [0.2, 0.25) is 0 Å². The number of hydrogen-bond acceptors (Lipinski definition) is 4. The Hall–Kier alpha value is -0.270. The van der Waals surface area contributed by atoms with Crippen LogP contribution in [0, 0.1) is 0 Å². The van der Waals surface area contributed by atoms with Crippen molar-refractivity contribution in [1.82, 2.24) is 9.80 Å². The Kier molecular flexibility index (Phi) is 18.8. The van der Waals surface area contributed by atoms with Gasteiger partial charge in [0.15, 0.2) is 9.84 Å². The van der Waals surface area contributed by atoms with Gasteiger partial charge in [-0.3, -0.25) is 4.90 Å². The van der Waals surface area contributed by atoms with Gasteiger partial charge < -0.3 is 4.90 Å². The summed E-state index contributed by atoms with van der Waals surface area (Å²) in [5.74, 6) is -2.41. The Labute approximate surface area is 155 Å². The first kappa shape index (κ1) is 29.5. The van der Waals surface area contributed by atoms with Gasteiger partial charge in [0.1, 0.15) is 0 Å². The van der Waals surface area contributed by atoms with Crippen LogP contribution in [0.2, 0.25) is 0 Å². The summed E-state index contributed by atoms with van der Waals surface area (Å²) in [7, 11) is -2.75. The monoisotopic (exact) mass is 388 g/mol. The Morgan fingerprint density at radius 3 is 1.52 bits per heavy atom. The van der Waals surface area contributed by atoms with Crippen LogP contribution >= 0.6 is 0 Å². The van der Waals surface area contributed by atoms with E-state index in [0.717, 1.165) is 26.2 Å². The number of alkyl halides is 2. The molecule has 0 atom stereocenters. The van der Waals surface area contributed by atoms with Crippen LogP contribution in [-0.4, -0.2) is 74.9 Å². The predicted octanol–water partition coefficient (Wildman–Crippen LogP) is 4.16. The van der Waals surface area contributed by atoms with Gasteiger partial charge in [0.05, 0.1) is 11.8 Å². The van der Waals surface area contributed by atoms with Crippen LogP contribution in [0.5, 0.6) is 0 Å². The number of rotatable bonds is 3. The lowest BCUT2D eigenvalue weighted by atomic mass is 10.2. The maximum atomic E-state index is 12.3. The lowest BCUT2D eigenvalue weighted by molar-refractivity contribution is 0.0127. The topological polar surface area (TPSA) is 40.6 Å². The Bertz CT molecular complexity index is 385. The Morgan fingerprint density at radius 1 is 0.920 bits per heavy atom. The number of halogens is 2. The molecule has 0 N–H and O–H groups in total. The lowest BCUT2D eigenvalue weighted by Gasteiger charge is -2.36. The molecule has 156 valence electrons. The van der Waals surface area contributed by atoms with Crippen LogP contribution in [0.3, 0.4) is 0 Å². The van der Waals surface area contributed by atoms with Crippen LogP contribution in [0.1, 0.15) is 61.8 Å². The molecular weight excluding hydrogens is 346 g/mol. The van der Waals surface area contributed by atoms with E-state index < -0.39 is 15.8 Å². The fourth-order valence-electron chi connectivity index (χ4n) is 2.13. The molecule has 0 aromatic heterocycles. The van der Waals surface area contributed by atoms with Crippen molar-refractivity contribution in [3.05, 3.63) is 0 Å². The minimum Gasteiger partial charge on any atom is -0.301 e. The van der Waals surface area contributed by atoms with E-state index in [0.29, 0.717) is 6.54 Å². The summed E-state index contributed by atoms with van der Waals surface area (Å²) in [4.78, 5) is 3.88. The van der Waals surface area contributed by atoms with Crippen molar-refractivity contribution in [3.63, 3.8) is 0 Å². The lowest BCUT2D eigenvalue weighted by Crippen LogP contribution is -2.53. The highest BCUT2D eigenvalue weighted by atomic mass is 32.2. The normalized spacial score (nSPS) is 19.5. The molecule has 2 rings (SSSR count). The van der Waals surface area contributed by atoms with Gasteiger partial charge in [-0.05, 0) is 13.1 Å². The fourth-order valence-corrected chi connectivity index (χ4v) is 3.09. The number of hydrogen-bond donors (Lipinski definition) is 0. The van der Waals surface area contributed by atoms with E-state index in [1.165, 1.54) is 6.26 Å². The molecule has 0 radical (unpaired) electrons. The van der Waals surface area contributed by atoms with Gasteiger partial charge in [0, 0.05) is 32.3 Å². The molecule has 0 aromatic carbocycles. The number of sulfone groups is 1. The number of likely N-dealkylation sites (tertiary alicyclic amines) is 2. The van der Waals surface area contributed by atoms with Gasteiger partial charge in [-0.1, -0.05) is 55.4 Å². The van der Waals surface area contributed by atoms with Crippen LogP contribution in [0.25, 0.3) is 0 Å². The fraction of sp³-hybridized carbons (Fsp3) is 1.00. The second kappa shape index (κ2) is 15.9. The van der Waals surface area contributed by atoms with Crippen molar-refractivity contribution in [2.45, 2.75) is 73.0 Å². The smallest absolute Gasteiger partial charge is 0.261 e. The van der Waals surface area contributed by atoms with Crippen LogP contribution < -0.4 is 0 Å². The van der Waals surface area contributed by atoms with E-state index in [-0.39, 0.29) is 18.2 Å². The molecule has 2 aliphatic rings. The van der Waals surface area contributed by atoms with E-state index >= 15 is 0 Å². The van der Waals surface area contributed by atoms with Gasteiger partial charge in [-0.25, -0.2) is 17.2 Å². The molecule has 0 bridgehead atoms. The van der Waals surface area contributed by atoms with Crippen LogP contribution in [0.15, 0.2) is 0 Å². The third-order valence-electron chi connectivity index (χ3n) is 3.67. The molecule has 0 aromatic rings. The van der Waals surface area contributed by atoms with E-state index in [4.69, 9.17) is 0 Å². The summed E-state index contributed by atoms with van der Waals surface area (Å²) < 4.78 is 46.4. The first-order chi connectivity index (χ1) is 11.7. The molecule has 7 heteroatoms.